The molecule has 1 aromatic heterocycles. The molecule has 0 spiro atoms. The smallest absolute Gasteiger partial charge is 0.110 e. The van der Waals surface area contributed by atoms with Crippen molar-refractivity contribution in [1.29, 1.82) is 5.26 Å². The van der Waals surface area contributed by atoms with Gasteiger partial charge >= 0.3 is 0 Å². The molecule has 0 amide bonds. The van der Waals surface area contributed by atoms with Gasteiger partial charge in [-0.1, -0.05) is 42.5 Å². The molecule has 0 fully saturated rings. The molecule has 3 rings (SSSR count). The van der Waals surface area contributed by atoms with Crippen molar-refractivity contribution in [2.45, 2.75) is 6.42 Å². The molecule has 20 heavy (non-hydrogen) atoms. The van der Waals surface area contributed by atoms with Gasteiger partial charge in [-0.05, 0) is 22.8 Å². The summed E-state index contributed by atoms with van der Waals surface area (Å²) in [4.78, 5) is 7.32. The number of hydrogen-bond acceptors (Lipinski definition) is 2. The Morgan fingerprint density at radius 2 is 1.85 bits per heavy atom. The van der Waals surface area contributed by atoms with Crippen molar-refractivity contribution in [3.8, 4) is 17.2 Å². The maximum absolute atomic E-state index is 9.14. The van der Waals surface area contributed by atoms with Crippen LogP contribution in [0, 0.1) is 11.3 Å². The fraction of sp³-hybridized carbons (Fsp3) is 0.0588. The van der Waals surface area contributed by atoms with Crippen LogP contribution < -0.4 is 0 Å². The van der Waals surface area contributed by atoms with Gasteiger partial charge in [-0.15, -0.1) is 0 Å². The number of nitriles is 1. The number of benzene rings is 2. The molecule has 0 aliphatic carbocycles. The number of nitrogens with zero attached hydrogens (tertiary/aromatic N) is 2. The van der Waals surface area contributed by atoms with Crippen molar-refractivity contribution < 1.29 is 0 Å². The van der Waals surface area contributed by atoms with Gasteiger partial charge in [0.05, 0.1) is 11.6 Å². The first-order chi connectivity index (χ1) is 9.86. The van der Waals surface area contributed by atoms with Crippen LogP contribution in [0.4, 0.5) is 0 Å². The van der Waals surface area contributed by atoms with Gasteiger partial charge in [0.25, 0.3) is 0 Å². The van der Waals surface area contributed by atoms with E-state index in [1.807, 2.05) is 30.5 Å². The highest BCUT2D eigenvalue weighted by molar-refractivity contribution is 5.70. The van der Waals surface area contributed by atoms with Crippen LogP contribution >= 0.6 is 0 Å². The van der Waals surface area contributed by atoms with Crippen molar-refractivity contribution in [2.75, 3.05) is 0 Å². The zero-order valence-corrected chi connectivity index (χ0v) is 10.9. The van der Waals surface area contributed by atoms with Crippen LogP contribution in [0.2, 0.25) is 0 Å². The second-order valence-corrected chi connectivity index (χ2v) is 4.57. The summed E-state index contributed by atoms with van der Waals surface area (Å²) in [7, 11) is 0. The van der Waals surface area contributed by atoms with Crippen LogP contribution in [0.25, 0.3) is 11.1 Å². The van der Waals surface area contributed by atoms with Gasteiger partial charge in [-0.25, -0.2) is 4.98 Å². The predicted octanol–water partition coefficient (Wildman–Crippen LogP) is 3.54. The van der Waals surface area contributed by atoms with E-state index in [1.54, 1.807) is 6.20 Å². The lowest BCUT2D eigenvalue weighted by atomic mass is 9.99. The highest BCUT2D eigenvalue weighted by atomic mass is 14.9. The zero-order chi connectivity index (χ0) is 13.8. The Balaban J connectivity index is 1.88. The standard InChI is InChI=1S/C17H13N3/c18-12-15-3-1-2-4-16(15)14-7-5-13(6-8-14)11-17-19-9-10-20-17/h1-10H,11H2,(H,19,20). The average Bonchev–Trinajstić information content (AvgIpc) is 3.01. The summed E-state index contributed by atoms with van der Waals surface area (Å²) < 4.78 is 0. The highest BCUT2D eigenvalue weighted by Gasteiger charge is 2.04. The topological polar surface area (TPSA) is 52.5 Å². The summed E-state index contributed by atoms with van der Waals surface area (Å²) >= 11 is 0. The SMILES string of the molecule is N#Cc1ccccc1-c1ccc(Cc2ncc[nH]2)cc1. The van der Waals surface area contributed by atoms with Gasteiger partial charge in [-0.2, -0.15) is 5.26 Å². The van der Waals surface area contributed by atoms with E-state index in [1.165, 1.54) is 5.56 Å². The summed E-state index contributed by atoms with van der Waals surface area (Å²) in [6.45, 7) is 0. The van der Waals surface area contributed by atoms with E-state index >= 15 is 0 Å². The fourth-order valence-electron chi connectivity index (χ4n) is 2.22. The highest BCUT2D eigenvalue weighted by Crippen LogP contribution is 2.23. The second kappa shape index (κ2) is 5.41. The quantitative estimate of drug-likeness (QED) is 0.782. The van der Waals surface area contributed by atoms with Crippen molar-refractivity contribution in [3.05, 3.63) is 77.9 Å². The van der Waals surface area contributed by atoms with Crippen LogP contribution in [0.5, 0.6) is 0 Å². The molecular formula is C17H13N3. The van der Waals surface area contributed by atoms with Crippen molar-refractivity contribution >= 4 is 0 Å². The van der Waals surface area contributed by atoms with Crippen LogP contribution in [0.3, 0.4) is 0 Å². The first kappa shape index (κ1) is 12.2. The minimum Gasteiger partial charge on any atom is -0.348 e. The number of rotatable bonds is 3. The van der Waals surface area contributed by atoms with E-state index in [4.69, 9.17) is 5.26 Å². The number of aromatic nitrogens is 2. The lowest BCUT2D eigenvalue weighted by molar-refractivity contribution is 1.03. The third-order valence-electron chi connectivity index (χ3n) is 3.24. The molecule has 1 heterocycles. The lowest BCUT2D eigenvalue weighted by Crippen LogP contribution is -1.91. The van der Waals surface area contributed by atoms with Gasteiger partial charge in [0.2, 0.25) is 0 Å². The molecule has 96 valence electrons. The summed E-state index contributed by atoms with van der Waals surface area (Å²) in [5.74, 6) is 0.954. The minimum atomic E-state index is 0.700. The molecule has 0 saturated carbocycles. The molecule has 1 N–H and O–H groups in total. The zero-order valence-electron chi connectivity index (χ0n) is 10.9. The molecule has 3 aromatic rings. The molecular weight excluding hydrogens is 246 g/mol. The van der Waals surface area contributed by atoms with Crippen LogP contribution in [0.15, 0.2) is 60.9 Å². The Morgan fingerprint density at radius 3 is 2.55 bits per heavy atom. The van der Waals surface area contributed by atoms with E-state index in [9.17, 15) is 0 Å². The third kappa shape index (κ3) is 2.45. The Hall–Kier alpha value is -2.86. The van der Waals surface area contributed by atoms with Gasteiger partial charge in [0, 0.05) is 18.8 Å². The molecule has 0 aliphatic rings. The number of H-pyrrole nitrogens is 1. The fourth-order valence-corrected chi connectivity index (χ4v) is 2.22. The molecule has 0 unspecified atom stereocenters. The first-order valence-electron chi connectivity index (χ1n) is 6.43. The minimum absolute atomic E-state index is 0.700. The van der Waals surface area contributed by atoms with Crippen molar-refractivity contribution in [1.82, 2.24) is 9.97 Å². The summed E-state index contributed by atoms with van der Waals surface area (Å²) in [5, 5.41) is 9.14. The molecule has 2 aromatic carbocycles. The van der Waals surface area contributed by atoms with Crippen molar-refractivity contribution in [2.24, 2.45) is 0 Å². The summed E-state index contributed by atoms with van der Waals surface area (Å²) in [5.41, 5.74) is 3.93. The van der Waals surface area contributed by atoms with Crippen LogP contribution in [-0.4, -0.2) is 9.97 Å². The van der Waals surface area contributed by atoms with E-state index in [0.717, 1.165) is 23.4 Å². The van der Waals surface area contributed by atoms with Gasteiger partial charge in [0.15, 0.2) is 0 Å². The van der Waals surface area contributed by atoms with Crippen LogP contribution in [-0.2, 0) is 6.42 Å². The maximum Gasteiger partial charge on any atom is 0.110 e. The largest absolute Gasteiger partial charge is 0.348 e. The lowest BCUT2D eigenvalue weighted by Gasteiger charge is -2.05. The van der Waals surface area contributed by atoms with Gasteiger partial charge in [0.1, 0.15) is 5.82 Å². The normalized spacial score (nSPS) is 10.2. The number of imidazole rings is 1. The Bertz CT molecular complexity index is 735. The molecule has 3 heteroatoms. The number of nitrogens with one attached hydrogen (secondary N) is 1. The van der Waals surface area contributed by atoms with E-state index in [0.29, 0.717) is 5.56 Å². The van der Waals surface area contributed by atoms with E-state index in [-0.39, 0.29) is 0 Å². The monoisotopic (exact) mass is 259 g/mol. The molecule has 0 radical (unpaired) electrons. The maximum atomic E-state index is 9.14. The second-order valence-electron chi connectivity index (χ2n) is 4.57. The van der Waals surface area contributed by atoms with Crippen molar-refractivity contribution in [3.63, 3.8) is 0 Å². The van der Waals surface area contributed by atoms with Gasteiger partial charge in [-0.3, -0.25) is 0 Å². The predicted molar refractivity (Wildman–Crippen MR) is 78.0 cm³/mol. The average molecular weight is 259 g/mol. The van der Waals surface area contributed by atoms with Crippen LogP contribution in [0.1, 0.15) is 17.0 Å². The van der Waals surface area contributed by atoms with E-state index in [2.05, 4.69) is 40.3 Å². The number of hydrogen-bond donors (Lipinski definition) is 1. The summed E-state index contributed by atoms with van der Waals surface area (Å²) in [6, 6.07) is 18.1. The molecule has 0 bridgehead atoms. The molecule has 0 aliphatic heterocycles. The number of aromatic amines is 1. The summed E-state index contributed by atoms with van der Waals surface area (Å²) in [6.07, 6.45) is 4.37. The third-order valence-corrected chi connectivity index (χ3v) is 3.24. The Labute approximate surface area is 117 Å². The Kier molecular flexibility index (Phi) is 3.30. The Morgan fingerprint density at radius 1 is 1.05 bits per heavy atom. The molecule has 3 nitrogen and oxygen atoms in total. The molecule has 0 atom stereocenters. The van der Waals surface area contributed by atoms with E-state index < -0.39 is 0 Å². The van der Waals surface area contributed by atoms with Gasteiger partial charge < -0.3 is 4.98 Å². The first-order valence-corrected chi connectivity index (χ1v) is 6.43. The molecule has 0 saturated heterocycles.